The molecule has 1 aliphatic rings. The topological polar surface area (TPSA) is 71.5 Å². The number of pyridine rings is 1. The normalized spacial score (nSPS) is 19.0. The Labute approximate surface area is 98.6 Å². The van der Waals surface area contributed by atoms with Crippen molar-refractivity contribution in [2.45, 2.75) is 12.6 Å². The first-order chi connectivity index (χ1) is 8.18. The van der Waals surface area contributed by atoms with Gasteiger partial charge in [0.2, 0.25) is 5.91 Å². The van der Waals surface area contributed by atoms with Gasteiger partial charge in [0.1, 0.15) is 12.6 Å². The summed E-state index contributed by atoms with van der Waals surface area (Å²) in [5, 5.41) is 2.74. The third-order valence-electron chi connectivity index (χ3n) is 2.61. The van der Waals surface area contributed by atoms with E-state index in [2.05, 4.69) is 10.3 Å². The van der Waals surface area contributed by atoms with E-state index in [1.54, 1.807) is 25.5 Å². The van der Waals surface area contributed by atoms with Crippen LogP contribution in [0.25, 0.3) is 0 Å². The van der Waals surface area contributed by atoms with E-state index in [9.17, 15) is 9.59 Å². The van der Waals surface area contributed by atoms with Crippen molar-refractivity contribution < 1.29 is 14.3 Å². The Bertz CT molecular complexity index is 421. The maximum absolute atomic E-state index is 11.8. The molecule has 0 unspecified atom stereocenters. The van der Waals surface area contributed by atoms with Crippen LogP contribution in [-0.2, 0) is 16.1 Å². The highest BCUT2D eigenvalue weighted by Crippen LogP contribution is 2.09. The van der Waals surface area contributed by atoms with Crippen molar-refractivity contribution in [3.63, 3.8) is 0 Å². The number of hydrogen-bond donors (Lipinski definition) is 1. The van der Waals surface area contributed by atoms with Gasteiger partial charge in [0, 0.05) is 26.0 Å². The molecule has 1 saturated heterocycles. The maximum atomic E-state index is 11.8. The van der Waals surface area contributed by atoms with Gasteiger partial charge in [-0.15, -0.1) is 0 Å². The SMILES string of the molecule is CN1C(=O)OC[C@H]1C(=O)NCc1cccnc1. The first-order valence-electron chi connectivity index (χ1n) is 5.24. The van der Waals surface area contributed by atoms with E-state index in [0.29, 0.717) is 6.54 Å². The molecule has 0 spiro atoms. The van der Waals surface area contributed by atoms with Crippen LogP contribution >= 0.6 is 0 Å². The Kier molecular flexibility index (Phi) is 3.22. The second kappa shape index (κ2) is 4.82. The van der Waals surface area contributed by atoms with Crippen LogP contribution in [0.1, 0.15) is 5.56 Å². The van der Waals surface area contributed by atoms with E-state index >= 15 is 0 Å². The zero-order chi connectivity index (χ0) is 12.3. The Hall–Kier alpha value is -2.11. The van der Waals surface area contributed by atoms with E-state index in [0.717, 1.165) is 5.56 Å². The highest BCUT2D eigenvalue weighted by molar-refractivity contribution is 5.87. The highest BCUT2D eigenvalue weighted by atomic mass is 16.6. The number of cyclic esters (lactones) is 1. The number of nitrogens with zero attached hydrogens (tertiary/aromatic N) is 2. The second-order valence-corrected chi connectivity index (χ2v) is 3.78. The number of carbonyl (C=O) groups excluding carboxylic acids is 2. The standard InChI is InChI=1S/C11H13N3O3/c1-14-9(7-17-11(14)16)10(15)13-6-8-3-2-4-12-5-8/h2-5,9H,6-7H2,1H3,(H,13,15)/t9-/m0/s1. The Morgan fingerprint density at radius 2 is 2.53 bits per heavy atom. The average Bonchev–Trinajstić information content (AvgIpc) is 2.69. The summed E-state index contributed by atoms with van der Waals surface area (Å²) in [5.74, 6) is -0.220. The number of aromatic nitrogens is 1. The molecule has 1 atom stereocenters. The van der Waals surface area contributed by atoms with Crippen LogP contribution in [0.4, 0.5) is 4.79 Å². The molecule has 6 heteroatoms. The van der Waals surface area contributed by atoms with Crippen LogP contribution in [0, 0.1) is 0 Å². The second-order valence-electron chi connectivity index (χ2n) is 3.78. The lowest BCUT2D eigenvalue weighted by atomic mass is 10.2. The van der Waals surface area contributed by atoms with Crippen molar-refractivity contribution in [1.82, 2.24) is 15.2 Å². The summed E-state index contributed by atoms with van der Waals surface area (Å²) in [6, 6.07) is 3.13. The molecular weight excluding hydrogens is 222 g/mol. The largest absolute Gasteiger partial charge is 0.447 e. The summed E-state index contributed by atoms with van der Waals surface area (Å²) in [6.45, 7) is 0.499. The number of ether oxygens (including phenoxy) is 1. The summed E-state index contributed by atoms with van der Waals surface area (Å²) in [6.07, 6.45) is 2.88. The summed E-state index contributed by atoms with van der Waals surface area (Å²) < 4.78 is 4.76. The van der Waals surface area contributed by atoms with Crippen molar-refractivity contribution in [2.75, 3.05) is 13.7 Å². The van der Waals surface area contributed by atoms with E-state index in [1.165, 1.54) is 4.90 Å². The van der Waals surface area contributed by atoms with Gasteiger partial charge in [-0.2, -0.15) is 0 Å². The fourth-order valence-corrected chi connectivity index (χ4v) is 1.55. The zero-order valence-corrected chi connectivity index (χ0v) is 9.42. The molecule has 0 aromatic carbocycles. The fraction of sp³-hybridized carbons (Fsp3) is 0.364. The minimum Gasteiger partial charge on any atom is -0.447 e. The molecule has 1 aliphatic heterocycles. The van der Waals surface area contributed by atoms with Crippen molar-refractivity contribution in [3.05, 3.63) is 30.1 Å². The van der Waals surface area contributed by atoms with Gasteiger partial charge in [0.05, 0.1) is 0 Å². The molecule has 2 amide bonds. The number of hydrogen-bond acceptors (Lipinski definition) is 4. The predicted molar refractivity (Wildman–Crippen MR) is 59.0 cm³/mol. The molecule has 17 heavy (non-hydrogen) atoms. The molecule has 0 saturated carbocycles. The van der Waals surface area contributed by atoms with Gasteiger partial charge in [-0.3, -0.25) is 14.7 Å². The summed E-state index contributed by atoms with van der Waals surface area (Å²) in [5.41, 5.74) is 0.911. The molecule has 90 valence electrons. The lowest BCUT2D eigenvalue weighted by molar-refractivity contribution is -0.124. The monoisotopic (exact) mass is 235 g/mol. The highest BCUT2D eigenvalue weighted by Gasteiger charge is 2.34. The Balaban J connectivity index is 1.88. The number of carbonyl (C=O) groups is 2. The molecule has 2 heterocycles. The number of amides is 2. The Morgan fingerprint density at radius 3 is 3.12 bits per heavy atom. The fourth-order valence-electron chi connectivity index (χ4n) is 1.55. The average molecular weight is 235 g/mol. The van der Waals surface area contributed by atoms with Crippen LogP contribution in [0.3, 0.4) is 0 Å². The van der Waals surface area contributed by atoms with Gasteiger partial charge in [-0.05, 0) is 11.6 Å². The van der Waals surface area contributed by atoms with Crippen molar-refractivity contribution in [2.24, 2.45) is 0 Å². The minimum atomic E-state index is -0.542. The van der Waals surface area contributed by atoms with Crippen LogP contribution in [-0.4, -0.2) is 41.6 Å². The lowest BCUT2D eigenvalue weighted by Gasteiger charge is -2.15. The molecule has 0 aliphatic carbocycles. The first kappa shape index (κ1) is 11.4. The molecule has 0 radical (unpaired) electrons. The van der Waals surface area contributed by atoms with Gasteiger partial charge in [0.15, 0.2) is 0 Å². The first-order valence-corrected chi connectivity index (χ1v) is 5.24. The smallest absolute Gasteiger partial charge is 0.410 e. The summed E-state index contributed by atoms with van der Waals surface area (Å²) in [4.78, 5) is 28.1. The molecular formula is C11H13N3O3. The molecule has 6 nitrogen and oxygen atoms in total. The van der Waals surface area contributed by atoms with E-state index in [1.807, 2.05) is 6.07 Å². The number of rotatable bonds is 3. The Morgan fingerprint density at radius 1 is 1.71 bits per heavy atom. The predicted octanol–water partition coefficient (Wildman–Crippen LogP) is 0.148. The number of nitrogens with one attached hydrogen (secondary N) is 1. The van der Waals surface area contributed by atoms with Crippen LogP contribution < -0.4 is 5.32 Å². The van der Waals surface area contributed by atoms with Gasteiger partial charge in [-0.1, -0.05) is 6.07 Å². The van der Waals surface area contributed by atoms with Crippen LogP contribution in [0.2, 0.25) is 0 Å². The van der Waals surface area contributed by atoms with Gasteiger partial charge in [-0.25, -0.2) is 4.79 Å². The summed E-state index contributed by atoms with van der Waals surface area (Å²) in [7, 11) is 1.55. The van der Waals surface area contributed by atoms with E-state index in [-0.39, 0.29) is 12.5 Å². The van der Waals surface area contributed by atoms with Gasteiger partial charge in [0.25, 0.3) is 0 Å². The van der Waals surface area contributed by atoms with Crippen LogP contribution in [0.15, 0.2) is 24.5 Å². The van der Waals surface area contributed by atoms with E-state index in [4.69, 9.17) is 4.74 Å². The molecule has 1 fully saturated rings. The quantitative estimate of drug-likeness (QED) is 0.809. The molecule has 1 aromatic heterocycles. The molecule has 1 N–H and O–H groups in total. The van der Waals surface area contributed by atoms with E-state index < -0.39 is 12.1 Å². The zero-order valence-electron chi connectivity index (χ0n) is 9.42. The molecule has 1 aromatic rings. The van der Waals surface area contributed by atoms with Gasteiger partial charge < -0.3 is 10.1 Å². The summed E-state index contributed by atoms with van der Waals surface area (Å²) >= 11 is 0. The number of likely N-dealkylation sites (N-methyl/N-ethyl adjacent to an activating group) is 1. The van der Waals surface area contributed by atoms with Crippen molar-refractivity contribution in [3.8, 4) is 0 Å². The van der Waals surface area contributed by atoms with Gasteiger partial charge >= 0.3 is 6.09 Å². The minimum absolute atomic E-state index is 0.105. The maximum Gasteiger partial charge on any atom is 0.410 e. The van der Waals surface area contributed by atoms with Crippen molar-refractivity contribution >= 4 is 12.0 Å². The molecule has 2 rings (SSSR count). The van der Waals surface area contributed by atoms with Crippen LogP contribution in [0.5, 0.6) is 0 Å². The third-order valence-corrected chi connectivity index (χ3v) is 2.61. The third kappa shape index (κ3) is 2.52. The van der Waals surface area contributed by atoms with Crippen molar-refractivity contribution in [1.29, 1.82) is 0 Å². The lowest BCUT2D eigenvalue weighted by Crippen LogP contribution is -2.43. The molecule has 0 bridgehead atoms.